The van der Waals surface area contributed by atoms with Gasteiger partial charge in [0.1, 0.15) is 0 Å². The van der Waals surface area contributed by atoms with Crippen LogP contribution in [0.4, 0.5) is 0 Å². The summed E-state index contributed by atoms with van der Waals surface area (Å²) in [7, 11) is 0. The second-order valence-electron chi connectivity index (χ2n) is 4.75. The van der Waals surface area contributed by atoms with Crippen molar-refractivity contribution in [2.24, 2.45) is 0 Å². The van der Waals surface area contributed by atoms with E-state index in [1.54, 1.807) is 0 Å². The van der Waals surface area contributed by atoms with Crippen LogP contribution in [-0.4, -0.2) is 6.54 Å². The van der Waals surface area contributed by atoms with Crippen LogP contribution in [0.25, 0.3) is 21.5 Å². The second-order valence-corrected chi connectivity index (χ2v) is 4.75. The smallest absolute Gasteiger partial charge is 0.0743 e. The van der Waals surface area contributed by atoms with Crippen molar-refractivity contribution in [3.05, 3.63) is 60.2 Å². The molecular formula is C17H18N+. The fourth-order valence-corrected chi connectivity index (χ4v) is 2.68. The van der Waals surface area contributed by atoms with Gasteiger partial charge in [-0.3, -0.25) is 0 Å². The highest BCUT2D eigenvalue weighted by Gasteiger charge is 2.06. The summed E-state index contributed by atoms with van der Waals surface area (Å²) in [5.74, 6) is 0. The highest BCUT2D eigenvalue weighted by atomic mass is 14.5. The minimum absolute atomic E-state index is 0.998. The van der Waals surface area contributed by atoms with E-state index in [2.05, 4.69) is 60.3 Å². The topological polar surface area (TPSA) is 27.6 Å². The maximum atomic E-state index is 3.96. The molecule has 0 bridgehead atoms. The molecule has 1 heteroatoms. The molecule has 0 heterocycles. The number of hydrogen-bond donors (Lipinski definition) is 1. The predicted molar refractivity (Wildman–Crippen MR) is 77.5 cm³/mol. The van der Waals surface area contributed by atoms with Gasteiger partial charge in [0.25, 0.3) is 0 Å². The van der Waals surface area contributed by atoms with Gasteiger partial charge in [0.15, 0.2) is 0 Å². The third kappa shape index (κ3) is 1.87. The molecule has 3 aromatic rings. The van der Waals surface area contributed by atoms with E-state index in [0.717, 1.165) is 19.4 Å². The summed E-state index contributed by atoms with van der Waals surface area (Å²) >= 11 is 0. The summed E-state index contributed by atoms with van der Waals surface area (Å²) < 4.78 is 0. The average Bonchev–Trinajstić information content (AvgIpc) is 2.43. The van der Waals surface area contributed by atoms with Gasteiger partial charge in [-0.15, -0.1) is 0 Å². The van der Waals surface area contributed by atoms with E-state index in [1.807, 2.05) is 0 Å². The molecule has 3 rings (SSSR count). The lowest BCUT2D eigenvalue weighted by Gasteiger charge is -2.10. The van der Waals surface area contributed by atoms with Crippen molar-refractivity contribution in [2.45, 2.75) is 12.8 Å². The number of benzene rings is 3. The Morgan fingerprint density at radius 3 is 1.89 bits per heavy atom. The number of fused-ring (bicyclic) bond motifs is 2. The Morgan fingerprint density at radius 2 is 1.33 bits per heavy atom. The molecule has 0 amide bonds. The maximum Gasteiger partial charge on any atom is 0.0743 e. The molecule has 0 atom stereocenters. The van der Waals surface area contributed by atoms with Crippen LogP contribution in [0.15, 0.2) is 54.6 Å². The molecule has 0 unspecified atom stereocenters. The van der Waals surface area contributed by atoms with E-state index in [-0.39, 0.29) is 0 Å². The van der Waals surface area contributed by atoms with Crippen LogP contribution < -0.4 is 5.73 Å². The minimum atomic E-state index is 0.998. The van der Waals surface area contributed by atoms with Crippen LogP contribution >= 0.6 is 0 Å². The molecule has 0 aliphatic rings. The molecule has 18 heavy (non-hydrogen) atoms. The van der Waals surface area contributed by atoms with E-state index < -0.39 is 0 Å². The lowest BCUT2D eigenvalue weighted by Crippen LogP contribution is -2.50. The van der Waals surface area contributed by atoms with Crippen LogP contribution in [0.3, 0.4) is 0 Å². The van der Waals surface area contributed by atoms with Crippen molar-refractivity contribution in [1.29, 1.82) is 0 Å². The number of hydrogen-bond acceptors (Lipinski definition) is 0. The first-order valence-corrected chi connectivity index (χ1v) is 6.59. The second kappa shape index (κ2) is 4.79. The molecular weight excluding hydrogens is 218 g/mol. The Hall–Kier alpha value is -1.86. The fourth-order valence-electron chi connectivity index (χ4n) is 2.68. The van der Waals surface area contributed by atoms with Gasteiger partial charge >= 0.3 is 0 Å². The first-order chi connectivity index (χ1) is 8.90. The molecule has 90 valence electrons. The molecule has 0 saturated heterocycles. The Kier molecular flexibility index (Phi) is 2.99. The number of quaternary nitrogens is 1. The molecule has 0 radical (unpaired) electrons. The summed E-state index contributed by atoms with van der Waals surface area (Å²) in [6.07, 6.45) is 2.27. The highest BCUT2D eigenvalue weighted by molar-refractivity contribution is 6.02. The van der Waals surface area contributed by atoms with Crippen LogP contribution in [-0.2, 0) is 6.42 Å². The summed E-state index contributed by atoms with van der Waals surface area (Å²) in [5, 5.41) is 5.47. The summed E-state index contributed by atoms with van der Waals surface area (Å²) in [6.45, 7) is 0.998. The first-order valence-electron chi connectivity index (χ1n) is 6.59. The molecule has 0 aromatic heterocycles. The van der Waals surface area contributed by atoms with Gasteiger partial charge in [0, 0.05) is 6.42 Å². The van der Waals surface area contributed by atoms with Crippen LogP contribution in [0.5, 0.6) is 0 Å². The van der Waals surface area contributed by atoms with E-state index >= 15 is 0 Å². The SMILES string of the molecule is [NH3+]CCCc1c2ccccc2cc2ccccc12. The van der Waals surface area contributed by atoms with Crippen molar-refractivity contribution >= 4 is 21.5 Å². The largest absolute Gasteiger partial charge is 0.358 e. The summed E-state index contributed by atoms with van der Waals surface area (Å²) in [6, 6.07) is 19.7. The fraction of sp³-hybridized carbons (Fsp3) is 0.176. The number of rotatable bonds is 3. The van der Waals surface area contributed by atoms with E-state index in [9.17, 15) is 0 Å². The lowest BCUT2D eigenvalue weighted by atomic mass is 9.94. The van der Waals surface area contributed by atoms with Crippen molar-refractivity contribution in [3.63, 3.8) is 0 Å². The normalized spacial score (nSPS) is 11.2. The zero-order valence-corrected chi connectivity index (χ0v) is 10.5. The Bertz CT molecular complexity index is 631. The van der Waals surface area contributed by atoms with Crippen molar-refractivity contribution < 1.29 is 5.73 Å². The quantitative estimate of drug-likeness (QED) is 0.677. The Morgan fingerprint density at radius 1 is 0.778 bits per heavy atom. The van der Waals surface area contributed by atoms with Gasteiger partial charge in [0.05, 0.1) is 6.54 Å². The maximum absolute atomic E-state index is 3.96. The molecule has 0 spiro atoms. The Balaban J connectivity index is 2.34. The predicted octanol–water partition coefficient (Wildman–Crippen LogP) is 3.17. The van der Waals surface area contributed by atoms with Gasteiger partial charge in [-0.1, -0.05) is 48.5 Å². The first kappa shape index (κ1) is 11.2. The monoisotopic (exact) mass is 236 g/mol. The van der Waals surface area contributed by atoms with Crippen LogP contribution in [0.2, 0.25) is 0 Å². The number of aryl methyl sites for hydroxylation is 1. The standard InChI is InChI=1S/C17H17N/c18-11-5-10-17-15-8-3-1-6-13(15)12-14-7-2-4-9-16(14)17/h1-4,6-9,12H,5,10-11,18H2/p+1. The molecule has 0 aliphatic carbocycles. The van der Waals surface area contributed by atoms with E-state index in [1.165, 1.54) is 27.1 Å². The van der Waals surface area contributed by atoms with Crippen LogP contribution in [0, 0.1) is 0 Å². The third-order valence-electron chi connectivity index (χ3n) is 3.56. The molecule has 3 aromatic carbocycles. The molecule has 1 nitrogen and oxygen atoms in total. The average molecular weight is 236 g/mol. The minimum Gasteiger partial charge on any atom is -0.358 e. The van der Waals surface area contributed by atoms with Gasteiger partial charge in [-0.2, -0.15) is 0 Å². The molecule has 0 fully saturated rings. The third-order valence-corrected chi connectivity index (χ3v) is 3.56. The van der Waals surface area contributed by atoms with Gasteiger partial charge in [-0.05, 0) is 39.6 Å². The highest BCUT2D eigenvalue weighted by Crippen LogP contribution is 2.29. The summed E-state index contributed by atoms with van der Waals surface area (Å²) in [5.41, 5.74) is 5.44. The van der Waals surface area contributed by atoms with Gasteiger partial charge < -0.3 is 5.73 Å². The van der Waals surface area contributed by atoms with E-state index in [4.69, 9.17) is 0 Å². The molecule has 0 saturated carbocycles. The van der Waals surface area contributed by atoms with Gasteiger partial charge in [0.2, 0.25) is 0 Å². The van der Waals surface area contributed by atoms with Crippen LogP contribution in [0.1, 0.15) is 12.0 Å². The van der Waals surface area contributed by atoms with Crippen molar-refractivity contribution in [1.82, 2.24) is 0 Å². The molecule has 3 N–H and O–H groups in total. The van der Waals surface area contributed by atoms with Gasteiger partial charge in [-0.25, -0.2) is 0 Å². The summed E-state index contributed by atoms with van der Waals surface area (Å²) in [4.78, 5) is 0. The van der Waals surface area contributed by atoms with Crippen molar-refractivity contribution in [3.8, 4) is 0 Å². The lowest BCUT2D eigenvalue weighted by molar-refractivity contribution is -0.368. The molecule has 0 aliphatic heterocycles. The van der Waals surface area contributed by atoms with E-state index in [0.29, 0.717) is 0 Å². The Labute approximate surface area is 107 Å². The zero-order chi connectivity index (χ0) is 12.4. The zero-order valence-electron chi connectivity index (χ0n) is 10.5. The van der Waals surface area contributed by atoms with Crippen molar-refractivity contribution in [2.75, 3.05) is 6.54 Å².